The van der Waals surface area contributed by atoms with Gasteiger partial charge in [0.25, 0.3) is 0 Å². The molecule has 0 aliphatic carbocycles. The molecule has 0 radical (unpaired) electrons. The fraction of sp³-hybridized carbons (Fsp3) is 0.207. The number of carbonyl (C=O) groups is 1. The van der Waals surface area contributed by atoms with E-state index in [4.69, 9.17) is 16.9 Å². The monoisotopic (exact) mass is 495 g/mol. The van der Waals surface area contributed by atoms with E-state index in [-0.39, 0.29) is 5.91 Å². The molecule has 1 aliphatic heterocycles. The number of carbonyl (C=O) groups excluding carboxylic acids is 1. The third-order valence-electron chi connectivity index (χ3n) is 6.67. The predicted molar refractivity (Wildman–Crippen MR) is 141 cm³/mol. The number of hydrogen-bond donors (Lipinski definition) is 1. The molecule has 1 N–H and O–H groups in total. The summed E-state index contributed by atoms with van der Waals surface area (Å²) in [7, 11) is 0. The molecule has 0 spiro atoms. The van der Waals surface area contributed by atoms with Crippen molar-refractivity contribution in [2.24, 2.45) is 0 Å². The summed E-state index contributed by atoms with van der Waals surface area (Å²) in [4.78, 5) is 20.1. The number of nitrogens with one attached hydrogen (secondary N) is 1. The second kappa shape index (κ2) is 10.4. The van der Waals surface area contributed by atoms with Crippen molar-refractivity contribution in [1.82, 2.24) is 14.9 Å². The first kappa shape index (κ1) is 23.8. The summed E-state index contributed by atoms with van der Waals surface area (Å²) in [5.41, 5.74) is 6.51. The zero-order valence-electron chi connectivity index (χ0n) is 20.0. The molecule has 0 saturated heterocycles. The standard InChI is InChI=1S/C29H26ClN5O/c1-20-5-4-8-26(27(20)30)35-14-13-23-6-2-3-7-25(23)28(29(35)36)33-17-24-16-32-19-34(24)18-22-11-9-21(15-31)10-12-22/h2-12,16,19,28,33H,13-14,17-18H2,1H3. The van der Waals surface area contributed by atoms with Crippen LogP contribution < -0.4 is 10.2 Å². The zero-order chi connectivity index (χ0) is 25.1. The molecule has 1 aromatic heterocycles. The molecule has 7 heteroatoms. The molecule has 0 saturated carbocycles. The van der Waals surface area contributed by atoms with Gasteiger partial charge >= 0.3 is 0 Å². The van der Waals surface area contributed by atoms with Gasteiger partial charge in [0.15, 0.2) is 0 Å². The van der Waals surface area contributed by atoms with Crippen LogP contribution in [-0.4, -0.2) is 22.0 Å². The Morgan fingerprint density at radius 3 is 2.72 bits per heavy atom. The Balaban J connectivity index is 1.41. The van der Waals surface area contributed by atoms with Gasteiger partial charge < -0.3 is 9.47 Å². The third-order valence-corrected chi connectivity index (χ3v) is 7.16. The van der Waals surface area contributed by atoms with E-state index in [2.05, 4.69) is 27.0 Å². The highest BCUT2D eigenvalue weighted by atomic mass is 35.5. The van der Waals surface area contributed by atoms with E-state index in [1.165, 1.54) is 0 Å². The lowest BCUT2D eigenvalue weighted by Gasteiger charge is -2.27. The van der Waals surface area contributed by atoms with E-state index in [9.17, 15) is 4.79 Å². The van der Waals surface area contributed by atoms with Gasteiger partial charge in [0.2, 0.25) is 5.91 Å². The molecule has 1 aliphatic rings. The molecule has 1 amide bonds. The average molecular weight is 496 g/mol. The van der Waals surface area contributed by atoms with Crippen molar-refractivity contribution in [2.75, 3.05) is 11.4 Å². The second-order valence-electron chi connectivity index (χ2n) is 8.98. The smallest absolute Gasteiger partial charge is 0.248 e. The number of imidazole rings is 1. The summed E-state index contributed by atoms with van der Waals surface area (Å²) in [6.07, 6.45) is 4.36. The van der Waals surface area contributed by atoms with Gasteiger partial charge in [-0.05, 0) is 53.8 Å². The number of benzene rings is 3. The van der Waals surface area contributed by atoms with Crippen molar-refractivity contribution in [3.05, 3.63) is 118 Å². The van der Waals surface area contributed by atoms with Crippen LogP contribution in [0.1, 0.15) is 39.6 Å². The molecule has 4 aromatic rings. The fourth-order valence-corrected chi connectivity index (χ4v) is 4.91. The van der Waals surface area contributed by atoms with Gasteiger partial charge in [-0.3, -0.25) is 10.1 Å². The first-order chi connectivity index (χ1) is 17.5. The Morgan fingerprint density at radius 2 is 1.92 bits per heavy atom. The first-order valence-electron chi connectivity index (χ1n) is 11.9. The lowest BCUT2D eigenvalue weighted by Crippen LogP contribution is -2.40. The maximum absolute atomic E-state index is 13.9. The molecule has 1 unspecified atom stereocenters. The number of fused-ring (bicyclic) bond motifs is 1. The Kier molecular flexibility index (Phi) is 6.86. The average Bonchev–Trinajstić information content (AvgIpc) is 3.28. The molecule has 0 fully saturated rings. The molecule has 5 rings (SSSR count). The maximum Gasteiger partial charge on any atom is 0.248 e. The number of nitriles is 1. The number of hydrogen-bond acceptors (Lipinski definition) is 4. The van der Waals surface area contributed by atoms with Crippen molar-refractivity contribution in [1.29, 1.82) is 5.26 Å². The Hall–Kier alpha value is -3.92. The number of rotatable bonds is 6. The van der Waals surface area contributed by atoms with Crippen molar-refractivity contribution in [3.8, 4) is 6.07 Å². The van der Waals surface area contributed by atoms with Gasteiger partial charge in [-0.2, -0.15) is 5.26 Å². The molecule has 180 valence electrons. The van der Waals surface area contributed by atoms with Crippen LogP contribution >= 0.6 is 11.6 Å². The van der Waals surface area contributed by atoms with Gasteiger partial charge in [0.1, 0.15) is 6.04 Å². The normalized spacial score (nSPS) is 15.3. The summed E-state index contributed by atoms with van der Waals surface area (Å²) >= 11 is 6.64. The van der Waals surface area contributed by atoms with E-state index in [0.29, 0.717) is 30.2 Å². The minimum atomic E-state index is -0.515. The number of amides is 1. The number of halogens is 1. The number of anilines is 1. The van der Waals surface area contributed by atoms with Gasteiger partial charge in [0.05, 0.1) is 34.4 Å². The molecular weight excluding hydrogens is 470 g/mol. The SMILES string of the molecule is Cc1cccc(N2CCc3ccccc3C(NCc3cncn3Cc3ccc(C#N)cc3)C2=O)c1Cl. The highest BCUT2D eigenvalue weighted by molar-refractivity contribution is 6.34. The summed E-state index contributed by atoms with van der Waals surface area (Å²) < 4.78 is 2.05. The van der Waals surface area contributed by atoms with Crippen LogP contribution in [0.2, 0.25) is 5.02 Å². The highest BCUT2D eigenvalue weighted by Gasteiger charge is 2.32. The van der Waals surface area contributed by atoms with Gasteiger partial charge in [-0.25, -0.2) is 4.98 Å². The van der Waals surface area contributed by atoms with Crippen molar-refractivity contribution in [3.63, 3.8) is 0 Å². The van der Waals surface area contributed by atoms with Crippen LogP contribution in [0.25, 0.3) is 0 Å². The molecule has 0 bridgehead atoms. The predicted octanol–water partition coefficient (Wildman–Crippen LogP) is 5.19. The lowest BCUT2D eigenvalue weighted by atomic mass is 9.99. The minimum Gasteiger partial charge on any atom is -0.329 e. The number of aryl methyl sites for hydroxylation is 1. The summed E-state index contributed by atoms with van der Waals surface area (Å²) in [5, 5.41) is 13.2. The van der Waals surface area contributed by atoms with Crippen molar-refractivity contribution >= 4 is 23.2 Å². The molecule has 6 nitrogen and oxygen atoms in total. The summed E-state index contributed by atoms with van der Waals surface area (Å²) in [5.74, 6) is -0.0226. The molecule has 36 heavy (non-hydrogen) atoms. The van der Waals surface area contributed by atoms with Gasteiger partial charge in [-0.15, -0.1) is 0 Å². The molecular formula is C29H26ClN5O. The first-order valence-corrected chi connectivity index (χ1v) is 12.3. The van der Waals surface area contributed by atoms with Crippen LogP contribution in [0.4, 0.5) is 5.69 Å². The van der Waals surface area contributed by atoms with Crippen LogP contribution in [0.5, 0.6) is 0 Å². The molecule has 2 heterocycles. The van der Waals surface area contributed by atoms with E-state index in [0.717, 1.165) is 40.1 Å². The Morgan fingerprint density at radius 1 is 1.11 bits per heavy atom. The topological polar surface area (TPSA) is 74.0 Å². The van der Waals surface area contributed by atoms with Crippen LogP contribution in [0.15, 0.2) is 79.3 Å². The second-order valence-corrected chi connectivity index (χ2v) is 9.36. The summed E-state index contributed by atoms with van der Waals surface area (Å²) in [6, 6.07) is 23.1. The lowest BCUT2D eigenvalue weighted by molar-refractivity contribution is -0.120. The van der Waals surface area contributed by atoms with Crippen LogP contribution in [-0.2, 0) is 24.3 Å². The quantitative estimate of drug-likeness (QED) is 0.399. The number of nitrogens with zero attached hydrogens (tertiary/aromatic N) is 4. The fourth-order valence-electron chi connectivity index (χ4n) is 4.68. The Labute approximate surface area is 215 Å². The highest BCUT2D eigenvalue weighted by Crippen LogP contribution is 2.34. The zero-order valence-corrected chi connectivity index (χ0v) is 20.7. The third kappa shape index (κ3) is 4.76. The van der Waals surface area contributed by atoms with E-state index < -0.39 is 6.04 Å². The number of aromatic nitrogens is 2. The maximum atomic E-state index is 13.9. The largest absolute Gasteiger partial charge is 0.329 e. The van der Waals surface area contributed by atoms with E-state index >= 15 is 0 Å². The minimum absolute atomic E-state index is 0.0226. The molecule has 3 aromatic carbocycles. The van der Waals surface area contributed by atoms with Gasteiger partial charge in [-0.1, -0.05) is 60.1 Å². The van der Waals surface area contributed by atoms with E-state index in [1.54, 1.807) is 11.2 Å². The van der Waals surface area contributed by atoms with E-state index in [1.807, 2.05) is 73.8 Å². The summed E-state index contributed by atoms with van der Waals surface area (Å²) in [6.45, 7) is 3.61. The van der Waals surface area contributed by atoms with Crippen LogP contribution in [0.3, 0.4) is 0 Å². The Bertz CT molecular complexity index is 1440. The van der Waals surface area contributed by atoms with Crippen LogP contribution in [0, 0.1) is 18.3 Å². The van der Waals surface area contributed by atoms with Crippen molar-refractivity contribution < 1.29 is 4.79 Å². The van der Waals surface area contributed by atoms with Gasteiger partial charge in [0, 0.05) is 25.8 Å². The molecule has 1 atom stereocenters. The van der Waals surface area contributed by atoms with Crippen molar-refractivity contribution in [2.45, 2.75) is 32.5 Å².